The number of hydrogen-bond acceptors (Lipinski definition) is 6. The Kier molecular flexibility index (Phi) is 4.37. The lowest BCUT2D eigenvalue weighted by atomic mass is 10.0. The molecule has 1 spiro atoms. The highest BCUT2D eigenvalue weighted by atomic mass is 16.7. The average molecular weight is 332 g/mol. The Balaban J connectivity index is 1.43. The molecule has 1 aromatic heterocycles. The van der Waals surface area contributed by atoms with Gasteiger partial charge in [-0.2, -0.15) is 0 Å². The van der Waals surface area contributed by atoms with E-state index in [0.29, 0.717) is 37.9 Å². The summed E-state index contributed by atoms with van der Waals surface area (Å²) in [4.78, 5) is 25.7. The maximum atomic E-state index is 12.8. The minimum atomic E-state index is -0.457. The van der Waals surface area contributed by atoms with Crippen LogP contribution in [0.5, 0.6) is 0 Å². The molecule has 0 radical (unpaired) electrons. The Labute approximate surface area is 142 Å². The van der Waals surface area contributed by atoms with Crippen LogP contribution in [-0.4, -0.2) is 66.0 Å². The molecule has 3 aliphatic heterocycles. The molecule has 3 fully saturated rings. The van der Waals surface area contributed by atoms with Crippen molar-refractivity contribution in [1.29, 1.82) is 0 Å². The number of hydrogen-bond donors (Lipinski definition) is 0. The molecule has 7 nitrogen and oxygen atoms in total. The van der Waals surface area contributed by atoms with Gasteiger partial charge in [0, 0.05) is 45.2 Å². The largest absolute Gasteiger partial charge is 0.347 e. The highest BCUT2D eigenvalue weighted by Gasteiger charge is 2.41. The average Bonchev–Trinajstić information content (AvgIpc) is 3.11. The normalized spacial score (nSPS) is 23.7. The quantitative estimate of drug-likeness (QED) is 0.816. The fraction of sp³-hybridized carbons (Fsp3) is 0.706. The van der Waals surface area contributed by atoms with E-state index >= 15 is 0 Å². The van der Waals surface area contributed by atoms with Gasteiger partial charge < -0.3 is 19.3 Å². The number of nitrogens with zero attached hydrogens (tertiary/aromatic N) is 4. The molecule has 0 unspecified atom stereocenters. The summed E-state index contributed by atoms with van der Waals surface area (Å²) in [6.45, 7) is 4.53. The van der Waals surface area contributed by atoms with Gasteiger partial charge in [0.05, 0.1) is 13.2 Å². The van der Waals surface area contributed by atoms with Gasteiger partial charge in [0.25, 0.3) is 5.91 Å². The first kappa shape index (κ1) is 15.8. The van der Waals surface area contributed by atoms with E-state index in [0.717, 1.165) is 38.8 Å². The summed E-state index contributed by atoms with van der Waals surface area (Å²) >= 11 is 0. The molecule has 0 atom stereocenters. The van der Waals surface area contributed by atoms with Crippen LogP contribution in [0, 0.1) is 0 Å². The second-order valence-electron chi connectivity index (χ2n) is 6.69. The first-order valence-electron chi connectivity index (χ1n) is 8.91. The van der Waals surface area contributed by atoms with Gasteiger partial charge in [-0.3, -0.25) is 4.79 Å². The lowest BCUT2D eigenvalue weighted by Crippen LogP contribution is -2.47. The minimum Gasteiger partial charge on any atom is -0.347 e. The fourth-order valence-electron chi connectivity index (χ4n) is 3.71. The van der Waals surface area contributed by atoms with Gasteiger partial charge in [0.15, 0.2) is 5.79 Å². The Morgan fingerprint density at radius 1 is 1.04 bits per heavy atom. The van der Waals surface area contributed by atoms with E-state index in [1.807, 2.05) is 4.90 Å². The van der Waals surface area contributed by atoms with Gasteiger partial charge in [-0.1, -0.05) is 0 Å². The fourth-order valence-corrected chi connectivity index (χ4v) is 3.71. The zero-order valence-corrected chi connectivity index (χ0v) is 13.9. The third kappa shape index (κ3) is 3.10. The summed E-state index contributed by atoms with van der Waals surface area (Å²) in [6.07, 6.45) is 6.73. The van der Waals surface area contributed by atoms with Crippen molar-refractivity contribution in [3.63, 3.8) is 0 Å². The number of rotatable bonds is 2. The zero-order valence-electron chi connectivity index (χ0n) is 13.9. The molecule has 4 rings (SSSR count). The lowest BCUT2D eigenvalue weighted by Gasteiger charge is -2.37. The van der Waals surface area contributed by atoms with E-state index in [2.05, 4.69) is 14.9 Å². The van der Waals surface area contributed by atoms with Crippen LogP contribution < -0.4 is 4.90 Å². The summed E-state index contributed by atoms with van der Waals surface area (Å²) in [6, 6.07) is 1.71. The molecule has 0 saturated carbocycles. The van der Waals surface area contributed by atoms with Crippen LogP contribution in [0.4, 0.5) is 5.95 Å². The molecular weight excluding hydrogens is 308 g/mol. The van der Waals surface area contributed by atoms with Gasteiger partial charge in [-0.05, 0) is 25.3 Å². The highest BCUT2D eigenvalue weighted by molar-refractivity contribution is 5.92. The van der Waals surface area contributed by atoms with Crippen LogP contribution >= 0.6 is 0 Å². The van der Waals surface area contributed by atoms with Crippen molar-refractivity contribution in [2.75, 3.05) is 44.3 Å². The second-order valence-corrected chi connectivity index (χ2v) is 6.69. The van der Waals surface area contributed by atoms with Crippen molar-refractivity contribution in [3.8, 4) is 0 Å². The number of aromatic nitrogens is 2. The van der Waals surface area contributed by atoms with Crippen LogP contribution in [0.15, 0.2) is 12.3 Å². The van der Waals surface area contributed by atoms with E-state index in [9.17, 15) is 4.79 Å². The Morgan fingerprint density at radius 3 is 2.46 bits per heavy atom. The van der Waals surface area contributed by atoms with Crippen molar-refractivity contribution >= 4 is 11.9 Å². The van der Waals surface area contributed by atoms with Crippen LogP contribution in [0.3, 0.4) is 0 Å². The molecule has 24 heavy (non-hydrogen) atoms. The molecule has 0 N–H and O–H groups in total. The Morgan fingerprint density at radius 2 is 1.75 bits per heavy atom. The van der Waals surface area contributed by atoms with Gasteiger partial charge in [-0.15, -0.1) is 0 Å². The third-order valence-corrected chi connectivity index (χ3v) is 5.13. The number of piperidine rings is 2. The molecule has 130 valence electrons. The number of likely N-dealkylation sites (tertiary alicyclic amines) is 1. The number of carbonyl (C=O) groups excluding carboxylic acids is 1. The molecule has 1 aromatic rings. The Hall–Kier alpha value is -1.73. The molecule has 0 aromatic carbocycles. The maximum Gasteiger partial charge on any atom is 0.272 e. The van der Waals surface area contributed by atoms with Crippen molar-refractivity contribution in [3.05, 3.63) is 18.0 Å². The molecule has 7 heteroatoms. The van der Waals surface area contributed by atoms with Crippen molar-refractivity contribution in [2.45, 2.75) is 37.9 Å². The summed E-state index contributed by atoms with van der Waals surface area (Å²) in [5, 5.41) is 0. The smallest absolute Gasteiger partial charge is 0.272 e. The number of carbonyl (C=O) groups is 1. The molecule has 3 aliphatic rings. The molecule has 4 heterocycles. The van der Waals surface area contributed by atoms with Crippen molar-refractivity contribution < 1.29 is 14.3 Å². The molecule has 1 amide bonds. The first-order valence-corrected chi connectivity index (χ1v) is 8.91. The summed E-state index contributed by atoms with van der Waals surface area (Å²) in [7, 11) is 0. The predicted octanol–water partition coefficient (Wildman–Crippen LogP) is 1.45. The first-order chi connectivity index (χ1) is 11.8. The highest BCUT2D eigenvalue weighted by Crippen LogP contribution is 2.31. The summed E-state index contributed by atoms with van der Waals surface area (Å²) in [5.41, 5.74) is 0.481. The molecular formula is C17H24N4O3. The number of anilines is 1. The van der Waals surface area contributed by atoms with Crippen LogP contribution in [0.2, 0.25) is 0 Å². The predicted molar refractivity (Wildman–Crippen MR) is 87.9 cm³/mol. The molecule has 3 saturated heterocycles. The van der Waals surface area contributed by atoms with Crippen molar-refractivity contribution in [1.82, 2.24) is 14.9 Å². The molecule has 0 aliphatic carbocycles. The van der Waals surface area contributed by atoms with E-state index in [4.69, 9.17) is 9.47 Å². The van der Waals surface area contributed by atoms with E-state index in [1.165, 1.54) is 6.42 Å². The van der Waals surface area contributed by atoms with Gasteiger partial charge >= 0.3 is 0 Å². The summed E-state index contributed by atoms with van der Waals surface area (Å²) in [5.74, 6) is 0.196. The van der Waals surface area contributed by atoms with Gasteiger partial charge in [0.2, 0.25) is 5.95 Å². The van der Waals surface area contributed by atoms with E-state index in [-0.39, 0.29) is 5.91 Å². The monoisotopic (exact) mass is 332 g/mol. The second kappa shape index (κ2) is 6.64. The topological polar surface area (TPSA) is 67.8 Å². The minimum absolute atomic E-state index is 0.0245. The maximum absolute atomic E-state index is 12.8. The van der Waals surface area contributed by atoms with Crippen LogP contribution in [0.1, 0.15) is 42.6 Å². The lowest BCUT2D eigenvalue weighted by molar-refractivity contribution is -0.181. The third-order valence-electron chi connectivity index (χ3n) is 5.13. The van der Waals surface area contributed by atoms with Gasteiger partial charge in [-0.25, -0.2) is 9.97 Å². The Bertz CT molecular complexity index is 587. The standard InChI is InChI=1S/C17H24N4O3/c22-15(20-10-5-17(6-11-20)23-12-13-24-17)14-4-7-18-16(19-14)21-8-2-1-3-9-21/h4,7H,1-3,5-6,8-13H2. The number of ether oxygens (including phenoxy) is 2. The SMILES string of the molecule is O=C(c1ccnc(N2CCCCC2)n1)N1CCC2(CC1)OCCO2. The molecule has 0 bridgehead atoms. The van der Waals surface area contributed by atoms with E-state index < -0.39 is 5.79 Å². The van der Waals surface area contributed by atoms with E-state index in [1.54, 1.807) is 12.3 Å². The zero-order chi connectivity index (χ0) is 16.4. The number of amides is 1. The van der Waals surface area contributed by atoms with Gasteiger partial charge in [0.1, 0.15) is 5.69 Å². The van der Waals surface area contributed by atoms with Crippen molar-refractivity contribution in [2.24, 2.45) is 0 Å². The van der Waals surface area contributed by atoms with Crippen LogP contribution in [-0.2, 0) is 9.47 Å². The summed E-state index contributed by atoms with van der Waals surface area (Å²) < 4.78 is 11.4. The van der Waals surface area contributed by atoms with Crippen LogP contribution in [0.25, 0.3) is 0 Å².